The molecular weight excluding hydrogens is 437 g/mol. The molecule has 5 nitrogen and oxygen atoms in total. The fourth-order valence-electron chi connectivity index (χ4n) is 3.34. The highest BCUT2D eigenvalue weighted by atomic mass is 35.5. The highest BCUT2D eigenvalue weighted by Crippen LogP contribution is 2.31. The zero-order valence-electron chi connectivity index (χ0n) is 17.1. The van der Waals surface area contributed by atoms with Crippen LogP contribution >= 0.6 is 22.9 Å². The molecule has 4 rings (SSSR count). The van der Waals surface area contributed by atoms with Crippen LogP contribution in [-0.2, 0) is 11.3 Å². The molecule has 0 radical (unpaired) electrons. The SMILES string of the molecule is Cc1ccc(NC(=O)Cn2c(-c3ccccc3Cl)nc3sc(C)c(C)c3c2=O)cc1F. The number of hydrogen-bond donors (Lipinski definition) is 1. The first-order chi connectivity index (χ1) is 14.8. The summed E-state index contributed by atoms with van der Waals surface area (Å²) in [5, 5.41) is 3.57. The molecule has 0 fully saturated rings. The van der Waals surface area contributed by atoms with Crippen LogP contribution in [0.2, 0.25) is 5.02 Å². The van der Waals surface area contributed by atoms with Gasteiger partial charge in [-0.15, -0.1) is 11.3 Å². The number of halogens is 2. The van der Waals surface area contributed by atoms with Crippen molar-refractivity contribution in [3.63, 3.8) is 0 Å². The Hall–Kier alpha value is -3.03. The van der Waals surface area contributed by atoms with Crippen LogP contribution in [0, 0.1) is 26.6 Å². The molecule has 0 saturated heterocycles. The van der Waals surface area contributed by atoms with E-state index in [0.29, 0.717) is 37.9 Å². The van der Waals surface area contributed by atoms with E-state index >= 15 is 0 Å². The Morgan fingerprint density at radius 1 is 1.19 bits per heavy atom. The first-order valence-electron chi connectivity index (χ1n) is 9.57. The number of anilines is 1. The minimum absolute atomic E-state index is 0.286. The Balaban J connectivity index is 1.82. The summed E-state index contributed by atoms with van der Waals surface area (Å²) in [4.78, 5) is 32.5. The summed E-state index contributed by atoms with van der Waals surface area (Å²) in [7, 11) is 0. The highest BCUT2D eigenvalue weighted by Gasteiger charge is 2.20. The van der Waals surface area contributed by atoms with Gasteiger partial charge in [-0.05, 0) is 56.2 Å². The molecule has 2 aromatic heterocycles. The van der Waals surface area contributed by atoms with E-state index in [-0.39, 0.29) is 12.1 Å². The topological polar surface area (TPSA) is 64.0 Å². The van der Waals surface area contributed by atoms with Gasteiger partial charge < -0.3 is 5.32 Å². The molecule has 1 N–H and O–H groups in total. The van der Waals surface area contributed by atoms with Crippen LogP contribution in [0.4, 0.5) is 10.1 Å². The van der Waals surface area contributed by atoms with Gasteiger partial charge in [0.15, 0.2) is 0 Å². The Bertz CT molecular complexity index is 1390. The summed E-state index contributed by atoms with van der Waals surface area (Å²) >= 11 is 7.81. The molecule has 0 saturated carbocycles. The van der Waals surface area contributed by atoms with Gasteiger partial charge in [-0.3, -0.25) is 14.2 Å². The molecule has 31 heavy (non-hydrogen) atoms. The third-order valence-electron chi connectivity index (χ3n) is 5.16. The van der Waals surface area contributed by atoms with E-state index in [1.54, 1.807) is 43.3 Å². The second-order valence-corrected chi connectivity index (χ2v) is 8.89. The lowest BCUT2D eigenvalue weighted by atomic mass is 10.1. The third-order valence-corrected chi connectivity index (χ3v) is 6.59. The number of rotatable bonds is 4. The van der Waals surface area contributed by atoms with E-state index in [9.17, 15) is 14.0 Å². The Morgan fingerprint density at radius 2 is 1.94 bits per heavy atom. The van der Waals surface area contributed by atoms with E-state index < -0.39 is 11.7 Å². The number of aryl methyl sites for hydroxylation is 3. The van der Waals surface area contributed by atoms with Crippen molar-refractivity contribution in [1.29, 1.82) is 0 Å². The summed E-state index contributed by atoms with van der Waals surface area (Å²) in [6.07, 6.45) is 0. The van der Waals surface area contributed by atoms with Crippen LogP contribution in [0.25, 0.3) is 21.6 Å². The normalized spacial score (nSPS) is 11.1. The molecule has 2 heterocycles. The Labute approximate surface area is 187 Å². The molecule has 4 aromatic rings. The van der Waals surface area contributed by atoms with Crippen molar-refractivity contribution in [3.8, 4) is 11.4 Å². The zero-order chi connectivity index (χ0) is 22.3. The number of hydrogen-bond acceptors (Lipinski definition) is 4. The van der Waals surface area contributed by atoms with Gasteiger partial charge in [0.1, 0.15) is 23.0 Å². The maximum atomic E-state index is 13.8. The lowest BCUT2D eigenvalue weighted by Gasteiger charge is -2.14. The molecule has 0 aliphatic rings. The predicted octanol–water partition coefficient (Wildman–Crippen LogP) is 5.48. The smallest absolute Gasteiger partial charge is 0.263 e. The number of benzene rings is 2. The molecule has 0 atom stereocenters. The van der Waals surface area contributed by atoms with Gasteiger partial charge >= 0.3 is 0 Å². The number of carbonyl (C=O) groups is 1. The molecule has 1 amide bonds. The van der Waals surface area contributed by atoms with Crippen molar-refractivity contribution in [3.05, 3.63) is 79.7 Å². The number of amides is 1. The van der Waals surface area contributed by atoms with Crippen LogP contribution in [0.1, 0.15) is 16.0 Å². The first-order valence-corrected chi connectivity index (χ1v) is 10.8. The summed E-state index contributed by atoms with van der Waals surface area (Å²) in [5.74, 6) is -0.571. The van der Waals surface area contributed by atoms with E-state index in [0.717, 1.165) is 10.4 Å². The van der Waals surface area contributed by atoms with Gasteiger partial charge in [0.05, 0.1) is 10.4 Å². The molecule has 0 bridgehead atoms. The van der Waals surface area contributed by atoms with Crippen molar-refractivity contribution in [1.82, 2.24) is 9.55 Å². The summed E-state index contributed by atoms with van der Waals surface area (Å²) in [6, 6.07) is 11.5. The second-order valence-electron chi connectivity index (χ2n) is 7.28. The van der Waals surface area contributed by atoms with E-state index in [1.165, 1.54) is 22.0 Å². The Morgan fingerprint density at radius 3 is 2.65 bits per heavy atom. The summed E-state index contributed by atoms with van der Waals surface area (Å²) in [6.45, 7) is 5.15. The van der Waals surface area contributed by atoms with Crippen molar-refractivity contribution < 1.29 is 9.18 Å². The number of nitrogens with zero attached hydrogens (tertiary/aromatic N) is 2. The van der Waals surface area contributed by atoms with Crippen molar-refractivity contribution in [2.45, 2.75) is 27.3 Å². The molecular formula is C23H19ClFN3O2S. The van der Waals surface area contributed by atoms with Crippen LogP contribution in [0.3, 0.4) is 0 Å². The van der Waals surface area contributed by atoms with Crippen molar-refractivity contribution in [2.75, 3.05) is 5.32 Å². The predicted molar refractivity (Wildman–Crippen MR) is 124 cm³/mol. The van der Waals surface area contributed by atoms with Gasteiger partial charge in [-0.2, -0.15) is 0 Å². The van der Waals surface area contributed by atoms with E-state index in [2.05, 4.69) is 5.32 Å². The van der Waals surface area contributed by atoms with Gasteiger partial charge in [0.25, 0.3) is 5.56 Å². The average Bonchev–Trinajstić information content (AvgIpc) is 3.01. The molecule has 8 heteroatoms. The maximum absolute atomic E-state index is 13.8. The maximum Gasteiger partial charge on any atom is 0.263 e. The van der Waals surface area contributed by atoms with Gasteiger partial charge in [-0.1, -0.05) is 29.8 Å². The number of fused-ring (bicyclic) bond motifs is 1. The minimum Gasteiger partial charge on any atom is -0.324 e. The number of thiophene rings is 1. The van der Waals surface area contributed by atoms with Crippen molar-refractivity contribution in [2.24, 2.45) is 0 Å². The van der Waals surface area contributed by atoms with Crippen LogP contribution in [0.15, 0.2) is 47.3 Å². The van der Waals surface area contributed by atoms with Crippen LogP contribution in [0.5, 0.6) is 0 Å². The van der Waals surface area contributed by atoms with Crippen molar-refractivity contribution >= 4 is 44.7 Å². The average molecular weight is 456 g/mol. The molecule has 0 aliphatic carbocycles. The zero-order valence-corrected chi connectivity index (χ0v) is 18.7. The monoisotopic (exact) mass is 455 g/mol. The Kier molecular flexibility index (Phi) is 5.64. The lowest BCUT2D eigenvalue weighted by Crippen LogP contribution is -2.30. The van der Waals surface area contributed by atoms with Crippen LogP contribution in [-0.4, -0.2) is 15.5 Å². The lowest BCUT2D eigenvalue weighted by molar-refractivity contribution is -0.116. The van der Waals surface area contributed by atoms with E-state index in [1.807, 2.05) is 13.8 Å². The molecule has 158 valence electrons. The summed E-state index contributed by atoms with van der Waals surface area (Å²) in [5.41, 5.74) is 1.89. The summed E-state index contributed by atoms with van der Waals surface area (Å²) < 4.78 is 15.2. The second kappa shape index (κ2) is 8.24. The van der Waals surface area contributed by atoms with Gasteiger partial charge in [0, 0.05) is 16.1 Å². The number of aromatic nitrogens is 2. The first kappa shape index (κ1) is 21.2. The van der Waals surface area contributed by atoms with Crippen LogP contribution < -0.4 is 10.9 Å². The van der Waals surface area contributed by atoms with E-state index in [4.69, 9.17) is 16.6 Å². The quantitative estimate of drug-likeness (QED) is 0.443. The van der Waals surface area contributed by atoms with Gasteiger partial charge in [0.2, 0.25) is 5.91 Å². The van der Waals surface area contributed by atoms with Gasteiger partial charge in [-0.25, -0.2) is 9.37 Å². The number of nitrogens with one attached hydrogen (secondary N) is 1. The number of carbonyl (C=O) groups excluding carboxylic acids is 1. The fourth-order valence-corrected chi connectivity index (χ4v) is 4.58. The highest BCUT2D eigenvalue weighted by molar-refractivity contribution is 7.18. The fraction of sp³-hybridized carbons (Fsp3) is 0.174. The standard InChI is InChI=1S/C23H19ClFN3O2S/c1-12-8-9-15(10-18(12)25)26-19(29)11-28-21(16-6-4-5-7-17(16)24)27-22-20(23(28)30)13(2)14(3)31-22/h4-10H,11H2,1-3H3,(H,26,29). The molecule has 0 aliphatic heterocycles. The largest absolute Gasteiger partial charge is 0.324 e. The molecule has 2 aromatic carbocycles. The molecule has 0 unspecified atom stereocenters. The molecule has 0 spiro atoms. The third kappa shape index (κ3) is 3.98. The minimum atomic E-state index is -0.468.